The van der Waals surface area contributed by atoms with Crippen molar-refractivity contribution in [3.63, 3.8) is 0 Å². The van der Waals surface area contributed by atoms with Gasteiger partial charge in [0.25, 0.3) is 0 Å². The van der Waals surface area contributed by atoms with Crippen molar-refractivity contribution < 1.29 is 14.2 Å². The summed E-state index contributed by atoms with van der Waals surface area (Å²) in [6.45, 7) is 0.305. The average Bonchev–Trinajstić information content (AvgIpc) is 3.04. The van der Waals surface area contributed by atoms with E-state index in [4.69, 9.17) is 14.2 Å². The van der Waals surface area contributed by atoms with Gasteiger partial charge in [0, 0.05) is 6.42 Å². The molecule has 0 bridgehead atoms. The molecule has 2 aromatic rings. The lowest BCUT2D eigenvalue weighted by molar-refractivity contribution is 0.173. The Morgan fingerprint density at radius 1 is 1.06 bits per heavy atom. The van der Waals surface area contributed by atoms with Crippen LogP contribution in [0.2, 0.25) is 0 Å². The van der Waals surface area contributed by atoms with Crippen molar-refractivity contribution in [2.75, 3.05) is 6.79 Å². The van der Waals surface area contributed by atoms with Crippen LogP contribution in [0, 0.1) is 6.07 Å². The van der Waals surface area contributed by atoms with Crippen LogP contribution in [-0.4, -0.2) is 6.79 Å². The summed E-state index contributed by atoms with van der Waals surface area (Å²) in [5, 5.41) is 0. The number of hydrogen-bond acceptors (Lipinski definition) is 3. The van der Waals surface area contributed by atoms with E-state index in [1.807, 2.05) is 30.3 Å². The topological polar surface area (TPSA) is 27.7 Å². The number of ether oxygens (including phenoxy) is 3. The van der Waals surface area contributed by atoms with Gasteiger partial charge >= 0.3 is 0 Å². The fourth-order valence-electron chi connectivity index (χ4n) is 2.42. The molecule has 0 aromatic heterocycles. The Kier molecular flexibility index (Phi) is 2.00. The minimum atomic E-state index is 0.0605. The molecule has 0 amide bonds. The van der Waals surface area contributed by atoms with Gasteiger partial charge in [-0.25, -0.2) is 0 Å². The third-order valence-electron chi connectivity index (χ3n) is 3.35. The predicted octanol–water partition coefficient (Wildman–Crippen LogP) is 2.89. The summed E-state index contributed by atoms with van der Waals surface area (Å²) < 4.78 is 16.6. The van der Waals surface area contributed by atoms with Crippen molar-refractivity contribution in [1.29, 1.82) is 0 Å². The third kappa shape index (κ3) is 1.44. The van der Waals surface area contributed by atoms with Gasteiger partial charge in [0.1, 0.15) is 11.9 Å². The second-order valence-electron chi connectivity index (χ2n) is 4.46. The number of rotatable bonds is 1. The van der Waals surface area contributed by atoms with Crippen LogP contribution in [0.25, 0.3) is 0 Å². The number of hydrogen-bond donors (Lipinski definition) is 0. The normalized spacial score (nSPS) is 19.4. The van der Waals surface area contributed by atoms with Gasteiger partial charge in [0.15, 0.2) is 11.5 Å². The van der Waals surface area contributed by atoms with E-state index in [1.165, 1.54) is 5.56 Å². The maximum atomic E-state index is 5.93. The van der Waals surface area contributed by atoms with Crippen LogP contribution in [0.4, 0.5) is 0 Å². The number of fused-ring (bicyclic) bond motifs is 2. The first-order chi connectivity index (χ1) is 8.90. The second-order valence-corrected chi connectivity index (χ2v) is 4.46. The lowest BCUT2D eigenvalue weighted by atomic mass is 10.0. The maximum absolute atomic E-state index is 5.93. The zero-order valence-electron chi connectivity index (χ0n) is 9.68. The highest BCUT2D eigenvalue weighted by atomic mass is 16.7. The molecule has 2 aliphatic rings. The second kappa shape index (κ2) is 3.67. The molecule has 89 valence electrons. The van der Waals surface area contributed by atoms with Crippen molar-refractivity contribution >= 4 is 0 Å². The molecule has 3 heteroatoms. The standard InChI is InChI=1S/C15H11O3/c1-2-4-12-10(3-1)7-14(18-12)11-5-6-13-15(8-11)17-9-16-13/h1,3-6,8,14H,7,9H2. The molecule has 0 spiro atoms. The lowest BCUT2D eigenvalue weighted by Crippen LogP contribution is -2.02. The molecule has 0 saturated heterocycles. The lowest BCUT2D eigenvalue weighted by Gasteiger charge is -2.11. The van der Waals surface area contributed by atoms with Crippen molar-refractivity contribution in [2.24, 2.45) is 0 Å². The predicted molar refractivity (Wildman–Crippen MR) is 64.9 cm³/mol. The molecule has 2 aromatic carbocycles. The largest absolute Gasteiger partial charge is 0.485 e. The van der Waals surface area contributed by atoms with Gasteiger partial charge in [-0.15, -0.1) is 0 Å². The highest BCUT2D eigenvalue weighted by molar-refractivity contribution is 5.47. The maximum Gasteiger partial charge on any atom is 0.231 e. The summed E-state index contributed by atoms with van der Waals surface area (Å²) in [4.78, 5) is 0. The number of benzene rings is 2. The fourth-order valence-corrected chi connectivity index (χ4v) is 2.42. The highest BCUT2D eigenvalue weighted by Crippen LogP contribution is 2.40. The molecular weight excluding hydrogens is 228 g/mol. The minimum Gasteiger partial charge on any atom is -0.485 e. The van der Waals surface area contributed by atoms with Crippen molar-refractivity contribution in [3.05, 3.63) is 53.6 Å². The molecule has 0 fully saturated rings. The van der Waals surface area contributed by atoms with Gasteiger partial charge in [-0.05, 0) is 35.4 Å². The SMILES string of the molecule is [c]1ccc2c(c1)OC(c1ccc3c(c1)OCO3)C2. The Morgan fingerprint density at radius 3 is 2.94 bits per heavy atom. The van der Waals surface area contributed by atoms with E-state index in [-0.39, 0.29) is 6.10 Å². The summed E-state index contributed by atoms with van der Waals surface area (Å²) in [5.74, 6) is 2.54. The van der Waals surface area contributed by atoms with E-state index in [0.717, 1.165) is 29.2 Å². The van der Waals surface area contributed by atoms with Crippen LogP contribution in [0.5, 0.6) is 17.2 Å². The van der Waals surface area contributed by atoms with E-state index in [9.17, 15) is 0 Å². The van der Waals surface area contributed by atoms with Crippen molar-refractivity contribution in [1.82, 2.24) is 0 Å². The Balaban J connectivity index is 1.66. The molecule has 0 aliphatic carbocycles. The van der Waals surface area contributed by atoms with E-state index in [2.05, 4.69) is 12.1 Å². The Morgan fingerprint density at radius 2 is 2.00 bits per heavy atom. The molecule has 0 saturated carbocycles. The van der Waals surface area contributed by atoms with Gasteiger partial charge in [-0.2, -0.15) is 0 Å². The van der Waals surface area contributed by atoms with Gasteiger partial charge < -0.3 is 14.2 Å². The van der Waals surface area contributed by atoms with Gasteiger partial charge in [0.05, 0.1) is 0 Å². The summed E-state index contributed by atoms with van der Waals surface area (Å²) in [5.41, 5.74) is 2.35. The molecule has 18 heavy (non-hydrogen) atoms. The first-order valence-electron chi connectivity index (χ1n) is 5.95. The Hall–Kier alpha value is -2.16. The van der Waals surface area contributed by atoms with Crippen LogP contribution in [0.15, 0.2) is 36.4 Å². The van der Waals surface area contributed by atoms with Crippen molar-refractivity contribution in [2.45, 2.75) is 12.5 Å². The third-order valence-corrected chi connectivity index (χ3v) is 3.35. The van der Waals surface area contributed by atoms with Crippen LogP contribution in [-0.2, 0) is 6.42 Å². The summed E-state index contributed by atoms with van der Waals surface area (Å²) in [6.07, 6.45) is 0.953. The molecule has 3 nitrogen and oxygen atoms in total. The van der Waals surface area contributed by atoms with Crippen molar-refractivity contribution in [3.8, 4) is 17.2 Å². The van der Waals surface area contributed by atoms with Crippen LogP contribution in [0.1, 0.15) is 17.2 Å². The average molecular weight is 239 g/mol. The van der Waals surface area contributed by atoms with Crippen LogP contribution < -0.4 is 14.2 Å². The quantitative estimate of drug-likeness (QED) is 0.765. The van der Waals surface area contributed by atoms with Gasteiger partial charge in [-0.1, -0.05) is 18.2 Å². The van der Waals surface area contributed by atoms with Gasteiger partial charge in [0.2, 0.25) is 6.79 Å². The first kappa shape index (κ1) is 9.83. The minimum absolute atomic E-state index is 0.0605. The molecule has 2 aliphatic heterocycles. The molecule has 0 N–H and O–H groups in total. The Bertz CT molecular complexity index is 581. The summed E-state index contributed by atoms with van der Waals surface area (Å²) in [6, 6.07) is 14.9. The summed E-state index contributed by atoms with van der Waals surface area (Å²) in [7, 11) is 0. The fraction of sp³-hybridized carbons (Fsp3) is 0.200. The highest BCUT2D eigenvalue weighted by Gasteiger charge is 2.25. The molecule has 1 radical (unpaired) electrons. The van der Waals surface area contributed by atoms with Crippen LogP contribution in [0.3, 0.4) is 0 Å². The molecule has 4 rings (SSSR count). The smallest absolute Gasteiger partial charge is 0.231 e. The first-order valence-corrected chi connectivity index (χ1v) is 5.95. The molecule has 2 heterocycles. The van der Waals surface area contributed by atoms with Gasteiger partial charge in [-0.3, -0.25) is 0 Å². The van der Waals surface area contributed by atoms with E-state index < -0.39 is 0 Å². The summed E-state index contributed by atoms with van der Waals surface area (Å²) >= 11 is 0. The molecule has 1 atom stereocenters. The van der Waals surface area contributed by atoms with E-state index >= 15 is 0 Å². The monoisotopic (exact) mass is 239 g/mol. The zero-order valence-corrected chi connectivity index (χ0v) is 9.68. The zero-order chi connectivity index (χ0) is 11.9. The Labute approximate surface area is 105 Å². The van der Waals surface area contributed by atoms with E-state index in [1.54, 1.807) is 0 Å². The van der Waals surface area contributed by atoms with E-state index in [0.29, 0.717) is 6.79 Å². The molecular formula is C15H11O3. The molecule has 1 unspecified atom stereocenters. The van der Waals surface area contributed by atoms with Crippen LogP contribution >= 0.6 is 0 Å².